The topological polar surface area (TPSA) is 104 Å². The number of carbonyl (C=O) groups excluding carboxylic acids is 1. The van der Waals surface area contributed by atoms with Gasteiger partial charge in [-0.05, 0) is 5.56 Å². The minimum absolute atomic E-state index is 0.301. The number of amides is 2. The van der Waals surface area contributed by atoms with Crippen LogP contribution in [0.4, 0.5) is 9.93 Å². The fraction of sp³-hybridized carbons (Fsp3) is 0.0909. The molecule has 0 saturated heterocycles. The van der Waals surface area contributed by atoms with Gasteiger partial charge in [-0.25, -0.2) is 9.59 Å². The number of rotatable bonds is 4. The highest BCUT2D eigenvalue weighted by Gasteiger charge is 2.22. The van der Waals surface area contributed by atoms with Gasteiger partial charge in [-0.3, -0.25) is 5.32 Å². The second kappa shape index (κ2) is 5.91. The lowest BCUT2D eigenvalue weighted by Crippen LogP contribution is -2.36. The molecule has 1 aromatic heterocycles. The van der Waals surface area contributed by atoms with E-state index in [0.717, 1.165) is 11.3 Å². The lowest BCUT2D eigenvalue weighted by Gasteiger charge is -2.14. The molecule has 19 heavy (non-hydrogen) atoms. The molecule has 0 fully saturated rings. The molecule has 0 bridgehead atoms. The summed E-state index contributed by atoms with van der Waals surface area (Å²) in [4.78, 5) is 22.8. The molecular formula is C11H10N4O3S. The van der Waals surface area contributed by atoms with Gasteiger partial charge in [-0.15, -0.1) is 10.2 Å². The number of aromatic nitrogens is 2. The van der Waals surface area contributed by atoms with Crippen LogP contribution in [0.2, 0.25) is 0 Å². The monoisotopic (exact) mass is 278 g/mol. The Bertz CT molecular complexity index is 559. The Labute approximate surface area is 112 Å². The van der Waals surface area contributed by atoms with Crippen LogP contribution in [-0.4, -0.2) is 27.3 Å². The zero-order valence-corrected chi connectivity index (χ0v) is 10.4. The zero-order valence-electron chi connectivity index (χ0n) is 9.61. The van der Waals surface area contributed by atoms with E-state index in [-0.39, 0.29) is 0 Å². The third-order valence-electron chi connectivity index (χ3n) is 2.24. The number of carboxylic acid groups (broad SMARTS) is 1. The molecule has 0 radical (unpaired) electrons. The number of carboxylic acids is 1. The molecular weight excluding hydrogens is 268 g/mol. The molecule has 1 heterocycles. The fourth-order valence-electron chi connectivity index (χ4n) is 1.42. The molecule has 0 aliphatic heterocycles. The van der Waals surface area contributed by atoms with Crippen molar-refractivity contribution in [3.8, 4) is 0 Å². The van der Waals surface area contributed by atoms with E-state index in [1.54, 1.807) is 30.3 Å². The largest absolute Gasteiger partial charge is 0.479 e. The highest BCUT2D eigenvalue weighted by Crippen LogP contribution is 2.13. The average molecular weight is 278 g/mol. The molecule has 98 valence electrons. The molecule has 1 unspecified atom stereocenters. The maximum absolute atomic E-state index is 11.7. The van der Waals surface area contributed by atoms with E-state index in [1.807, 2.05) is 0 Å². The van der Waals surface area contributed by atoms with Crippen LogP contribution < -0.4 is 10.6 Å². The molecule has 7 nitrogen and oxygen atoms in total. The predicted octanol–water partition coefficient (Wildman–Crippen LogP) is 1.49. The number of aliphatic carboxylic acids is 1. The summed E-state index contributed by atoms with van der Waals surface area (Å²) in [7, 11) is 0. The Kier molecular flexibility index (Phi) is 4.04. The molecule has 0 aliphatic rings. The van der Waals surface area contributed by atoms with Gasteiger partial charge in [0.05, 0.1) is 0 Å². The summed E-state index contributed by atoms with van der Waals surface area (Å²) in [6.45, 7) is 0. The fourth-order valence-corrected chi connectivity index (χ4v) is 1.87. The van der Waals surface area contributed by atoms with Crippen molar-refractivity contribution in [3.63, 3.8) is 0 Å². The van der Waals surface area contributed by atoms with Crippen molar-refractivity contribution in [2.75, 3.05) is 5.32 Å². The van der Waals surface area contributed by atoms with Crippen molar-refractivity contribution in [1.82, 2.24) is 15.5 Å². The first kappa shape index (κ1) is 13.0. The Hall–Kier alpha value is -2.48. The third-order valence-corrected chi connectivity index (χ3v) is 2.84. The number of carbonyl (C=O) groups is 2. The van der Waals surface area contributed by atoms with Gasteiger partial charge in [0.2, 0.25) is 5.13 Å². The van der Waals surface area contributed by atoms with E-state index in [4.69, 9.17) is 5.11 Å². The van der Waals surface area contributed by atoms with E-state index >= 15 is 0 Å². The average Bonchev–Trinajstić information content (AvgIpc) is 2.89. The molecule has 8 heteroatoms. The summed E-state index contributed by atoms with van der Waals surface area (Å²) in [5, 5.41) is 21.4. The lowest BCUT2D eigenvalue weighted by molar-refractivity contribution is -0.139. The van der Waals surface area contributed by atoms with E-state index in [1.165, 1.54) is 5.51 Å². The molecule has 2 amide bonds. The van der Waals surface area contributed by atoms with Crippen molar-refractivity contribution in [2.45, 2.75) is 6.04 Å². The first-order valence-corrected chi connectivity index (χ1v) is 6.16. The van der Waals surface area contributed by atoms with Crippen molar-refractivity contribution in [3.05, 3.63) is 41.4 Å². The minimum Gasteiger partial charge on any atom is -0.479 e. The highest BCUT2D eigenvalue weighted by molar-refractivity contribution is 7.13. The number of hydrogen-bond donors (Lipinski definition) is 3. The number of nitrogens with zero attached hydrogens (tertiary/aromatic N) is 2. The van der Waals surface area contributed by atoms with Crippen LogP contribution >= 0.6 is 11.3 Å². The maximum Gasteiger partial charge on any atom is 0.330 e. The number of hydrogen-bond acceptors (Lipinski definition) is 5. The standard InChI is InChI=1S/C11H10N4O3S/c16-9(17)8(7-4-2-1-3-5-7)13-10(18)14-11-15-12-6-19-11/h1-6,8H,(H,16,17)(H2,13,14,15,18). The molecule has 0 saturated carbocycles. The Morgan fingerprint density at radius 3 is 2.58 bits per heavy atom. The highest BCUT2D eigenvalue weighted by atomic mass is 32.1. The van der Waals surface area contributed by atoms with Crippen LogP contribution in [0.1, 0.15) is 11.6 Å². The van der Waals surface area contributed by atoms with Crippen LogP contribution in [0.3, 0.4) is 0 Å². The van der Waals surface area contributed by atoms with Crippen LogP contribution in [0.5, 0.6) is 0 Å². The van der Waals surface area contributed by atoms with Gasteiger partial charge in [0.15, 0.2) is 6.04 Å². The summed E-state index contributed by atoms with van der Waals surface area (Å²) in [5.41, 5.74) is 1.95. The van der Waals surface area contributed by atoms with Gasteiger partial charge in [-0.2, -0.15) is 0 Å². The van der Waals surface area contributed by atoms with Gasteiger partial charge in [0.25, 0.3) is 0 Å². The summed E-state index contributed by atoms with van der Waals surface area (Å²) in [5.74, 6) is -1.14. The Morgan fingerprint density at radius 2 is 2.00 bits per heavy atom. The van der Waals surface area contributed by atoms with E-state index in [2.05, 4.69) is 20.8 Å². The summed E-state index contributed by atoms with van der Waals surface area (Å²) >= 11 is 1.14. The maximum atomic E-state index is 11.7. The first-order valence-electron chi connectivity index (χ1n) is 5.28. The third kappa shape index (κ3) is 3.49. The van der Waals surface area contributed by atoms with Crippen LogP contribution in [0.15, 0.2) is 35.8 Å². The molecule has 0 aliphatic carbocycles. The molecule has 0 spiro atoms. The minimum atomic E-state index is -1.14. The molecule has 2 aromatic rings. The SMILES string of the molecule is O=C(Nc1nncs1)NC(C(=O)O)c1ccccc1. The first-order chi connectivity index (χ1) is 9.16. The Morgan fingerprint density at radius 1 is 1.26 bits per heavy atom. The number of nitrogens with one attached hydrogen (secondary N) is 2. The molecule has 2 rings (SSSR count). The van der Waals surface area contributed by atoms with Gasteiger partial charge in [0.1, 0.15) is 5.51 Å². The van der Waals surface area contributed by atoms with Crippen LogP contribution in [0.25, 0.3) is 0 Å². The van der Waals surface area contributed by atoms with Crippen molar-refractivity contribution in [1.29, 1.82) is 0 Å². The van der Waals surface area contributed by atoms with Gasteiger partial charge >= 0.3 is 12.0 Å². The molecule has 1 atom stereocenters. The molecule has 3 N–H and O–H groups in total. The van der Waals surface area contributed by atoms with Gasteiger partial charge < -0.3 is 10.4 Å². The second-order valence-corrected chi connectivity index (χ2v) is 4.36. The van der Waals surface area contributed by atoms with Gasteiger partial charge in [-0.1, -0.05) is 41.7 Å². The van der Waals surface area contributed by atoms with Gasteiger partial charge in [0, 0.05) is 0 Å². The Balaban J connectivity index is 2.05. The number of urea groups is 1. The number of anilines is 1. The normalized spacial score (nSPS) is 11.6. The van der Waals surface area contributed by atoms with E-state index < -0.39 is 18.0 Å². The smallest absolute Gasteiger partial charge is 0.330 e. The number of benzene rings is 1. The van der Waals surface area contributed by atoms with Crippen molar-refractivity contribution in [2.24, 2.45) is 0 Å². The zero-order chi connectivity index (χ0) is 13.7. The second-order valence-electron chi connectivity index (χ2n) is 3.52. The van der Waals surface area contributed by atoms with Crippen LogP contribution in [0, 0.1) is 0 Å². The quantitative estimate of drug-likeness (QED) is 0.786. The van der Waals surface area contributed by atoms with Crippen molar-refractivity contribution < 1.29 is 14.7 Å². The lowest BCUT2D eigenvalue weighted by atomic mass is 10.1. The predicted molar refractivity (Wildman–Crippen MR) is 68.9 cm³/mol. The summed E-state index contributed by atoms with van der Waals surface area (Å²) < 4.78 is 0. The summed E-state index contributed by atoms with van der Waals surface area (Å²) in [6.07, 6.45) is 0. The molecule has 1 aromatic carbocycles. The van der Waals surface area contributed by atoms with E-state index in [9.17, 15) is 9.59 Å². The van der Waals surface area contributed by atoms with Crippen molar-refractivity contribution >= 4 is 28.5 Å². The van der Waals surface area contributed by atoms with E-state index in [0.29, 0.717) is 10.7 Å². The summed E-state index contributed by atoms with van der Waals surface area (Å²) in [6, 6.07) is 6.67. The van der Waals surface area contributed by atoms with Crippen LogP contribution in [-0.2, 0) is 4.79 Å².